The van der Waals surface area contributed by atoms with E-state index in [9.17, 15) is 4.79 Å². The predicted molar refractivity (Wildman–Crippen MR) is 178 cm³/mol. The van der Waals surface area contributed by atoms with Gasteiger partial charge >= 0.3 is 0 Å². The van der Waals surface area contributed by atoms with Gasteiger partial charge in [0.15, 0.2) is 5.82 Å². The number of methoxy groups -OCH3 is 1. The summed E-state index contributed by atoms with van der Waals surface area (Å²) in [6, 6.07) is 10.6. The first-order valence-corrected chi connectivity index (χ1v) is 15.7. The number of aryl methyl sites for hydroxylation is 3. The van der Waals surface area contributed by atoms with Crippen molar-refractivity contribution in [1.29, 1.82) is 0 Å². The number of carbonyl (C=O) groups is 1. The molecule has 1 aromatic carbocycles. The highest BCUT2D eigenvalue weighted by Gasteiger charge is 2.27. The number of likely N-dealkylation sites (N-methyl/N-ethyl adjacent to an activating group) is 1. The second kappa shape index (κ2) is 14.1. The molecule has 2 unspecified atom stereocenters. The van der Waals surface area contributed by atoms with Crippen LogP contribution in [0, 0.1) is 11.8 Å². The van der Waals surface area contributed by atoms with Gasteiger partial charge < -0.3 is 20.3 Å². The number of hydrogen-bond donors (Lipinski definition) is 2. The number of aromatic nitrogens is 6. The molecule has 1 aliphatic rings. The number of allylic oxidation sites excluding steroid dienone is 1. The number of amides is 1. The smallest absolute Gasteiger partial charge is 0.243 e. The van der Waals surface area contributed by atoms with Gasteiger partial charge in [0.25, 0.3) is 0 Å². The minimum absolute atomic E-state index is 0.0321. The van der Waals surface area contributed by atoms with Gasteiger partial charge in [0, 0.05) is 70.6 Å². The van der Waals surface area contributed by atoms with Gasteiger partial charge in [-0.2, -0.15) is 10.2 Å². The molecule has 11 heteroatoms. The number of carbonyl (C=O) groups excluding carboxylic acids is 1. The van der Waals surface area contributed by atoms with Gasteiger partial charge in [-0.15, -0.1) is 0 Å². The Labute approximate surface area is 265 Å². The zero-order valence-corrected chi connectivity index (χ0v) is 27.5. The Balaban J connectivity index is 1.44. The SMILES string of the molecule is CCC(C)C(C)/C(=C\NCCOC)c1ccc(-c2c3c(nn2C)CCc2cnc(Nc4ccn(CC(=O)N(C)C)n4)nc2-3)cc1. The highest BCUT2D eigenvalue weighted by atomic mass is 16.5. The molecule has 2 N–H and O–H groups in total. The monoisotopic (exact) mass is 611 g/mol. The summed E-state index contributed by atoms with van der Waals surface area (Å²) in [5.74, 6) is 1.94. The molecule has 0 bridgehead atoms. The van der Waals surface area contributed by atoms with Crippen molar-refractivity contribution in [3.8, 4) is 22.5 Å². The van der Waals surface area contributed by atoms with E-state index in [1.165, 1.54) is 11.1 Å². The molecular formula is C34H45N9O2. The highest BCUT2D eigenvalue weighted by molar-refractivity contribution is 5.85. The lowest BCUT2D eigenvalue weighted by Crippen LogP contribution is -2.26. The first kappa shape index (κ1) is 31.9. The van der Waals surface area contributed by atoms with Crippen LogP contribution in [-0.4, -0.2) is 74.7 Å². The zero-order valence-electron chi connectivity index (χ0n) is 27.5. The Kier molecular flexibility index (Phi) is 9.97. The number of rotatable bonds is 13. The summed E-state index contributed by atoms with van der Waals surface area (Å²) in [7, 11) is 7.18. The molecule has 2 atom stereocenters. The summed E-state index contributed by atoms with van der Waals surface area (Å²) in [6.07, 6.45) is 8.60. The van der Waals surface area contributed by atoms with E-state index in [1.54, 1.807) is 37.0 Å². The first-order chi connectivity index (χ1) is 21.7. The Hall–Kier alpha value is -4.51. The van der Waals surface area contributed by atoms with E-state index in [0.717, 1.165) is 59.6 Å². The van der Waals surface area contributed by atoms with Gasteiger partial charge in [-0.3, -0.25) is 14.2 Å². The molecule has 5 rings (SSSR count). The number of fused-ring (bicyclic) bond motifs is 3. The van der Waals surface area contributed by atoms with Crippen molar-refractivity contribution in [2.75, 3.05) is 39.7 Å². The van der Waals surface area contributed by atoms with E-state index in [-0.39, 0.29) is 12.5 Å². The molecule has 0 fully saturated rings. The molecule has 1 aliphatic carbocycles. The van der Waals surface area contributed by atoms with Crippen LogP contribution in [0.4, 0.5) is 11.8 Å². The van der Waals surface area contributed by atoms with Crippen molar-refractivity contribution in [2.24, 2.45) is 18.9 Å². The van der Waals surface area contributed by atoms with E-state index in [0.29, 0.717) is 30.2 Å². The maximum atomic E-state index is 12.1. The third-order valence-electron chi connectivity index (χ3n) is 8.72. The summed E-state index contributed by atoms with van der Waals surface area (Å²) in [6.45, 7) is 8.45. The molecular weight excluding hydrogens is 566 g/mol. The molecule has 0 saturated heterocycles. The largest absolute Gasteiger partial charge is 0.388 e. The summed E-state index contributed by atoms with van der Waals surface area (Å²) >= 11 is 0. The van der Waals surface area contributed by atoms with Crippen LogP contribution in [0.1, 0.15) is 44.0 Å². The van der Waals surface area contributed by atoms with Gasteiger partial charge in [-0.1, -0.05) is 51.5 Å². The summed E-state index contributed by atoms with van der Waals surface area (Å²) in [5.41, 5.74) is 8.68. The number of nitrogens with one attached hydrogen (secondary N) is 2. The number of nitrogens with zero attached hydrogens (tertiary/aromatic N) is 7. The van der Waals surface area contributed by atoms with Crippen LogP contribution in [0.15, 0.2) is 48.9 Å². The van der Waals surface area contributed by atoms with Crippen LogP contribution < -0.4 is 10.6 Å². The molecule has 0 aliphatic heterocycles. The van der Waals surface area contributed by atoms with E-state index in [1.807, 2.05) is 24.0 Å². The molecule has 0 spiro atoms. The molecule has 238 valence electrons. The second-order valence-electron chi connectivity index (χ2n) is 12.0. The van der Waals surface area contributed by atoms with E-state index in [2.05, 4.69) is 72.0 Å². The van der Waals surface area contributed by atoms with Crippen LogP contribution in [0.5, 0.6) is 0 Å². The number of anilines is 2. The molecule has 0 radical (unpaired) electrons. The van der Waals surface area contributed by atoms with Gasteiger partial charge in [0.05, 0.1) is 23.7 Å². The third kappa shape index (κ3) is 7.09. The third-order valence-corrected chi connectivity index (χ3v) is 8.72. The Morgan fingerprint density at radius 1 is 1.13 bits per heavy atom. The average molecular weight is 612 g/mol. The fraction of sp³-hybridized carbons (Fsp3) is 0.441. The lowest BCUT2D eigenvalue weighted by Gasteiger charge is -2.23. The van der Waals surface area contributed by atoms with Gasteiger partial charge in [0.1, 0.15) is 6.54 Å². The van der Waals surface area contributed by atoms with Gasteiger partial charge in [-0.25, -0.2) is 9.97 Å². The van der Waals surface area contributed by atoms with E-state index < -0.39 is 0 Å². The van der Waals surface area contributed by atoms with Crippen molar-refractivity contribution in [3.63, 3.8) is 0 Å². The minimum Gasteiger partial charge on any atom is -0.388 e. The quantitative estimate of drug-likeness (QED) is 0.205. The number of benzene rings is 1. The van der Waals surface area contributed by atoms with Crippen LogP contribution >= 0.6 is 0 Å². The van der Waals surface area contributed by atoms with Crippen molar-refractivity contribution in [1.82, 2.24) is 39.7 Å². The number of ether oxygens (including phenoxy) is 1. The summed E-state index contributed by atoms with van der Waals surface area (Å²) in [5, 5.41) is 16.0. The van der Waals surface area contributed by atoms with Crippen LogP contribution in [0.2, 0.25) is 0 Å². The number of hydrogen-bond acceptors (Lipinski definition) is 8. The van der Waals surface area contributed by atoms with Crippen LogP contribution in [-0.2, 0) is 36.0 Å². The topological polar surface area (TPSA) is 115 Å². The van der Waals surface area contributed by atoms with E-state index in [4.69, 9.17) is 14.8 Å². The molecule has 1 amide bonds. The van der Waals surface area contributed by atoms with Gasteiger partial charge in [-0.05, 0) is 41.4 Å². The lowest BCUT2D eigenvalue weighted by atomic mass is 9.83. The standard InChI is InChI=1S/C34H45N9O2/c1-8-22(2)23(3)27(20-35-16-18-45-7)24-9-11-25(12-10-24)33-31-28(39-42(33)6)14-13-26-19-36-34(38-32(26)31)37-29-15-17-43(40-29)21-30(44)41(4)5/h9-12,15,17,19-20,22-23,35H,8,13-14,16,18,21H2,1-7H3,(H,36,37,38,40)/b27-20+. The minimum atomic E-state index is -0.0321. The molecule has 45 heavy (non-hydrogen) atoms. The maximum Gasteiger partial charge on any atom is 0.243 e. The predicted octanol–water partition coefficient (Wildman–Crippen LogP) is 4.93. The zero-order chi connectivity index (χ0) is 32.1. The second-order valence-corrected chi connectivity index (χ2v) is 12.0. The molecule has 3 heterocycles. The average Bonchev–Trinajstić information content (AvgIpc) is 3.63. The molecule has 4 aromatic rings. The Morgan fingerprint density at radius 3 is 2.62 bits per heavy atom. The lowest BCUT2D eigenvalue weighted by molar-refractivity contribution is -0.129. The Morgan fingerprint density at radius 2 is 1.91 bits per heavy atom. The molecule has 0 saturated carbocycles. The maximum absolute atomic E-state index is 12.1. The molecule has 11 nitrogen and oxygen atoms in total. The highest BCUT2D eigenvalue weighted by Crippen LogP contribution is 2.40. The van der Waals surface area contributed by atoms with Crippen molar-refractivity contribution in [2.45, 2.75) is 46.6 Å². The van der Waals surface area contributed by atoms with Crippen LogP contribution in [0.25, 0.3) is 28.1 Å². The van der Waals surface area contributed by atoms with Crippen LogP contribution in [0.3, 0.4) is 0 Å². The summed E-state index contributed by atoms with van der Waals surface area (Å²) in [4.78, 5) is 23.2. The molecule has 3 aromatic heterocycles. The Bertz CT molecular complexity index is 1650. The summed E-state index contributed by atoms with van der Waals surface area (Å²) < 4.78 is 8.80. The normalized spacial score (nSPS) is 14.0. The van der Waals surface area contributed by atoms with Crippen molar-refractivity contribution < 1.29 is 9.53 Å². The van der Waals surface area contributed by atoms with Crippen molar-refractivity contribution in [3.05, 3.63) is 65.7 Å². The van der Waals surface area contributed by atoms with Crippen molar-refractivity contribution >= 4 is 23.2 Å². The first-order valence-electron chi connectivity index (χ1n) is 15.7. The fourth-order valence-corrected chi connectivity index (χ4v) is 5.67. The fourth-order valence-electron chi connectivity index (χ4n) is 5.67. The van der Waals surface area contributed by atoms with Gasteiger partial charge in [0.2, 0.25) is 11.9 Å². The van der Waals surface area contributed by atoms with E-state index >= 15 is 0 Å².